The molecule has 1 aromatic heterocycles. The van der Waals surface area contributed by atoms with Crippen LogP contribution in [0.4, 0.5) is 0 Å². The first-order valence-electron chi connectivity index (χ1n) is 7.41. The van der Waals surface area contributed by atoms with E-state index in [2.05, 4.69) is 11.9 Å². The molecule has 0 radical (unpaired) electrons. The van der Waals surface area contributed by atoms with E-state index in [-0.39, 0.29) is 6.61 Å². The molecule has 120 valence electrons. The van der Waals surface area contributed by atoms with Crippen molar-refractivity contribution >= 4 is 23.9 Å². The third-order valence-corrected chi connectivity index (χ3v) is 3.31. The number of nitrogens with two attached hydrogens (primary N) is 1. The SMILES string of the molecule is C/C=c1/ncc(C(N)=O)c/c1=C(/C=N)N(CCC)CCCO. The molecule has 1 aromatic rings. The molecule has 4 N–H and O–H groups in total. The second-order valence-corrected chi connectivity index (χ2v) is 4.90. The van der Waals surface area contributed by atoms with Crippen molar-refractivity contribution in [1.82, 2.24) is 9.88 Å². The minimum Gasteiger partial charge on any atom is -0.396 e. The number of carbonyl (C=O) groups excluding carboxylic acids is 1. The molecule has 0 spiro atoms. The van der Waals surface area contributed by atoms with Crippen LogP contribution in [0, 0.1) is 5.41 Å². The predicted molar refractivity (Wildman–Crippen MR) is 87.9 cm³/mol. The molecule has 22 heavy (non-hydrogen) atoms. The molecule has 0 aliphatic heterocycles. The van der Waals surface area contributed by atoms with Crippen LogP contribution in [-0.2, 0) is 0 Å². The van der Waals surface area contributed by atoms with Crippen LogP contribution in [0.1, 0.15) is 37.0 Å². The van der Waals surface area contributed by atoms with E-state index in [1.54, 1.807) is 6.07 Å². The van der Waals surface area contributed by atoms with Crippen molar-refractivity contribution in [1.29, 1.82) is 5.41 Å². The number of aliphatic hydroxyl groups is 1. The smallest absolute Gasteiger partial charge is 0.250 e. The highest BCUT2D eigenvalue weighted by Gasteiger charge is 2.10. The maximum absolute atomic E-state index is 11.4. The van der Waals surface area contributed by atoms with Crippen LogP contribution >= 0.6 is 0 Å². The highest BCUT2D eigenvalue weighted by atomic mass is 16.3. The lowest BCUT2D eigenvalue weighted by Crippen LogP contribution is -2.38. The summed E-state index contributed by atoms with van der Waals surface area (Å²) in [6.07, 6.45) is 6.07. The van der Waals surface area contributed by atoms with Gasteiger partial charge in [0, 0.05) is 37.3 Å². The van der Waals surface area contributed by atoms with E-state index in [9.17, 15) is 4.79 Å². The van der Waals surface area contributed by atoms with Gasteiger partial charge in [-0.2, -0.15) is 0 Å². The fraction of sp³-hybridized carbons (Fsp3) is 0.438. The predicted octanol–water partition coefficient (Wildman–Crippen LogP) is -0.167. The third kappa shape index (κ3) is 4.39. The Morgan fingerprint density at radius 3 is 2.73 bits per heavy atom. The average Bonchev–Trinajstić information content (AvgIpc) is 2.53. The molecule has 0 bridgehead atoms. The van der Waals surface area contributed by atoms with Crippen molar-refractivity contribution in [3.05, 3.63) is 28.4 Å². The first-order valence-corrected chi connectivity index (χ1v) is 7.41. The summed E-state index contributed by atoms with van der Waals surface area (Å²) in [4.78, 5) is 17.7. The van der Waals surface area contributed by atoms with Gasteiger partial charge in [-0.1, -0.05) is 13.0 Å². The minimum absolute atomic E-state index is 0.0951. The average molecular weight is 304 g/mol. The van der Waals surface area contributed by atoms with Crippen LogP contribution in [-0.4, -0.2) is 46.8 Å². The van der Waals surface area contributed by atoms with Crippen molar-refractivity contribution in [3.63, 3.8) is 0 Å². The molecule has 1 heterocycles. The fourth-order valence-electron chi connectivity index (χ4n) is 2.27. The standard InChI is InChI=1S/C16H24N4O2/c1-3-6-20(7-5-8-21)15(10-17)13-9-12(16(18)22)11-19-14(13)4-2/h4,9-11,17,21H,3,5-8H2,1-2H3,(H2,18,22)/b14-4+,15-13+,17-10?. The lowest BCUT2D eigenvalue weighted by atomic mass is 10.1. The van der Waals surface area contributed by atoms with Gasteiger partial charge in [-0.3, -0.25) is 9.78 Å². The number of amides is 1. The van der Waals surface area contributed by atoms with E-state index >= 15 is 0 Å². The number of carbonyl (C=O) groups is 1. The number of aromatic nitrogens is 1. The summed E-state index contributed by atoms with van der Waals surface area (Å²) in [5.41, 5.74) is 6.33. The van der Waals surface area contributed by atoms with Crippen molar-refractivity contribution in [2.24, 2.45) is 5.73 Å². The van der Waals surface area contributed by atoms with Gasteiger partial charge in [0.2, 0.25) is 5.91 Å². The van der Waals surface area contributed by atoms with E-state index in [4.69, 9.17) is 16.2 Å². The largest absolute Gasteiger partial charge is 0.396 e. The van der Waals surface area contributed by atoms with E-state index in [0.717, 1.165) is 13.0 Å². The molecule has 6 nitrogen and oxygen atoms in total. The number of nitrogens with zero attached hydrogens (tertiary/aromatic N) is 2. The van der Waals surface area contributed by atoms with Gasteiger partial charge in [0.15, 0.2) is 0 Å². The summed E-state index contributed by atoms with van der Waals surface area (Å²) in [6, 6.07) is 1.67. The Morgan fingerprint density at radius 1 is 1.50 bits per heavy atom. The number of hydrogen-bond acceptors (Lipinski definition) is 5. The highest BCUT2D eigenvalue weighted by Crippen LogP contribution is 2.04. The Hall–Kier alpha value is -2.21. The van der Waals surface area contributed by atoms with Crippen LogP contribution in [0.25, 0.3) is 11.8 Å². The number of pyridine rings is 1. The first kappa shape index (κ1) is 17.8. The molecule has 0 unspecified atom stereocenters. The Balaban J connectivity index is 3.56. The second-order valence-electron chi connectivity index (χ2n) is 4.90. The summed E-state index contributed by atoms with van der Waals surface area (Å²) in [5.74, 6) is -0.543. The molecule has 1 rings (SSSR count). The van der Waals surface area contributed by atoms with Crippen LogP contribution in [0.5, 0.6) is 0 Å². The van der Waals surface area contributed by atoms with Crippen LogP contribution in [0.15, 0.2) is 12.3 Å². The summed E-state index contributed by atoms with van der Waals surface area (Å²) in [6.45, 7) is 5.40. The van der Waals surface area contributed by atoms with Gasteiger partial charge < -0.3 is 21.1 Å². The number of hydrogen-bond donors (Lipinski definition) is 3. The molecule has 0 aliphatic carbocycles. The van der Waals surface area contributed by atoms with Gasteiger partial charge in [-0.05, 0) is 25.8 Å². The monoisotopic (exact) mass is 304 g/mol. The zero-order valence-electron chi connectivity index (χ0n) is 13.2. The van der Waals surface area contributed by atoms with E-state index in [0.29, 0.717) is 34.8 Å². The lowest BCUT2D eigenvalue weighted by Gasteiger charge is -2.24. The maximum atomic E-state index is 11.4. The molecular weight excluding hydrogens is 280 g/mol. The molecule has 0 fully saturated rings. The number of aliphatic hydroxyl groups excluding tert-OH is 1. The van der Waals surface area contributed by atoms with Crippen molar-refractivity contribution < 1.29 is 9.90 Å². The second kappa shape index (κ2) is 8.94. The molecule has 0 saturated carbocycles. The molecule has 6 heteroatoms. The zero-order valence-corrected chi connectivity index (χ0v) is 13.2. The molecule has 0 saturated heterocycles. The van der Waals surface area contributed by atoms with Crippen LogP contribution in [0.3, 0.4) is 0 Å². The number of nitrogens with one attached hydrogen (secondary N) is 1. The van der Waals surface area contributed by atoms with Gasteiger partial charge in [-0.25, -0.2) is 0 Å². The summed E-state index contributed by atoms with van der Waals surface area (Å²) < 4.78 is 0. The topological polar surface area (TPSA) is 103 Å². The Bertz CT molecular complexity index is 640. The first-order chi connectivity index (χ1) is 10.6. The molecule has 0 aliphatic rings. The Morgan fingerprint density at radius 2 is 2.23 bits per heavy atom. The Labute approximate surface area is 130 Å². The van der Waals surface area contributed by atoms with E-state index in [1.807, 2.05) is 17.9 Å². The molecule has 1 amide bonds. The molecule has 0 atom stereocenters. The fourth-order valence-corrected chi connectivity index (χ4v) is 2.27. The van der Waals surface area contributed by atoms with Gasteiger partial charge in [-0.15, -0.1) is 0 Å². The summed E-state index contributed by atoms with van der Waals surface area (Å²) in [5, 5.41) is 18.2. The van der Waals surface area contributed by atoms with Crippen molar-refractivity contribution in [2.45, 2.75) is 26.7 Å². The van der Waals surface area contributed by atoms with Crippen molar-refractivity contribution in [2.75, 3.05) is 19.7 Å². The van der Waals surface area contributed by atoms with Gasteiger partial charge in [0.25, 0.3) is 0 Å². The van der Waals surface area contributed by atoms with Gasteiger partial charge in [0.05, 0.1) is 16.6 Å². The van der Waals surface area contributed by atoms with Crippen LogP contribution < -0.4 is 16.3 Å². The number of rotatable bonds is 8. The number of primary amides is 1. The van der Waals surface area contributed by atoms with E-state index < -0.39 is 5.91 Å². The van der Waals surface area contributed by atoms with Crippen LogP contribution in [0.2, 0.25) is 0 Å². The van der Waals surface area contributed by atoms with Gasteiger partial charge >= 0.3 is 0 Å². The van der Waals surface area contributed by atoms with E-state index in [1.165, 1.54) is 12.4 Å². The maximum Gasteiger partial charge on any atom is 0.250 e. The zero-order chi connectivity index (χ0) is 16.5. The lowest BCUT2D eigenvalue weighted by molar-refractivity contribution is 0.1000. The molecular formula is C16H24N4O2. The van der Waals surface area contributed by atoms with Gasteiger partial charge in [0.1, 0.15) is 0 Å². The van der Waals surface area contributed by atoms with Crippen molar-refractivity contribution in [3.8, 4) is 0 Å². The third-order valence-electron chi connectivity index (χ3n) is 3.31. The highest BCUT2D eigenvalue weighted by molar-refractivity contribution is 5.99. The minimum atomic E-state index is -0.543. The quantitative estimate of drug-likeness (QED) is 0.580. The summed E-state index contributed by atoms with van der Waals surface area (Å²) >= 11 is 0. The summed E-state index contributed by atoms with van der Waals surface area (Å²) in [7, 11) is 0. The molecule has 0 aromatic carbocycles. The Kier molecular flexibility index (Phi) is 7.25. The normalized spacial score (nSPS) is 13.0.